The molecule has 3 rings (SSSR count). The van der Waals surface area contributed by atoms with E-state index in [2.05, 4.69) is 9.97 Å². The van der Waals surface area contributed by atoms with Gasteiger partial charge in [-0.25, -0.2) is 0 Å². The minimum Gasteiger partial charge on any atom is -0.354 e. The van der Waals surface area contributed by atoms with Crippen molar-refractivity contribution >= 4 is 21.8 Å². The number of hydrogen-bond acceptors (Lipinski definition) is 1. The van der Waals surface area contributed by atoms with Gasteiger partial charge in [-0.3, -0.25) is 9.37 Å². The Morgan fingerprint density at radius 3 is 2.94 bits per heavy atom. The molecule has 0 aliphatic heterocycles. The molecular formula is C13H11FN2. The number of pyridine rings is 1. The number of H-pyrrole nitrogens is 1. The van der Waals surface area contributed by atoms with Gasteiger partial charge in [0.15, 0.2) is 0 Å². The molecule has 2 heterocycles. The average molecular weight is 214 g/mol. The summed E-state index contributed by atoms with van der Waals surface area (Å²) in [6.07, 6.45) is 4.09. The van der Waals surface area contributed by atoms with Crippen LogP contribution in [-0.4, -0.2) is 16.6 Å². The number of alkyl halides is 1. The first-order valence-corrected chi connectivity index (χ1v) is 5.29. The topological polar surface area (TPSA) is 28.7 Å². The molecule has 0 saturated heterocycles. The number of aryl methyl sites for hydroxylation is 1. The van der Waals surface area contributed by atoms with Crippen LogP contribution in [0.3, 0.4) is 0 Å². The summed E-state index contributed by atoms with van der Waals surface area (Å²) in [5.41, 5.74) is 3.14. The fourth-order valence-electron chi connectivity index (χ4n) is 2.06. The van der Waals surface area contributed by atoms with Crippen molar-refractivity contribution in [2.24, 2.45) is 0 Å². The van der Waals surface area contributed by atoms with E-state index < -0.39 is 0 Å². The minimum atomic E-state index is -0.312. The van der Waals surface area contributed by atoms with Gasteiger partial charge in [0.1, 0.15) is 0 Å². The van der Waals surface area contributed by atoms with E-state index in [0.29, 0.717) is 6.42 Å². The normalized spacial score (nSPS) is 11.3. The lowest BCUT2D eigenvalue weighted by atomic mass is 10.1. The van der Waals surface area contributed by atoms with Crippen molar-refractivity contribution < 1.29 is 4.39 Å². The van der Waals surface area contributed by atoms with E-state index in [0.717, 1.165) is 27.4 Å². The van der Waals surface area contributed by atoms with E-state index in [1.54, 1.807) is 6.20 Å². The smallest absolute Gasteiger partial charge is 0.0934 e. The number of halogens is 1. The third-order valence-corrected chi connectivity index (χ3v) is 2.85. The molecule has 0 radical (unpaired) electrons. The molecule has 1 N–H and O–H groups in total. The first-order valence-electron chi connectivity index (χ1n) is 5.29. The molecule has 0 bridgehead atoms. The SMILES string of the molecule is FCCc1ccc2c(c1)[nH]c1ccncc12. The van der Waals surface area contributed by atoms with Gasteiger partial charge in [-0.15, -0.1) is 0 Å². The van der Waals surface area contributed by atoms with Crippen LogP contribution in [0.1, 0.15) is 5.56 Å². The van der Waals surface area contributed by atoms with Crippen molar-refractivity contribution in [3.63, 3.8) is 0 Å². The predicted octanol–water partition coefficient (Wildman–Crippen LogP) is 3.23. The predicted molar refractivity (Wildman–Crippen MR) is 63.3 cm³/mol. The summed E-state index contributed by atoms with van der Waals surface area (Å²) in [4.78, 5) is 7.43. The maximum Gasteiger partial charge on any atom is 0.0934 e. The number of aromatic amines is 1. The van der Waals surface area contributed by atoms with E-state index >= 15 is 0 Å². The summed E-state index contributed by atoms with van der Waals surface area (Å²) >= 11 is 0. The summed E-state index contributed by atoms with van der Waals surface area (Å²) in [5.74, 6) is 0. The van der Waals surface area contributed by atoms with Crippen molar-refractivity contribution in [2.75, 3.05) is 6.67 Å². The van der Waals surface area contributed by atoms with Crippen molar-refractivity contribution in [1.29, 1.82) is 0 Å². The molecule has 16 heavy (non-hydrogen) atoms. The largest absolute Gasteiger partial charge is 0.354 e. The second kappa shape index (κ2) is 3.59. The number of benzene rings is 1. The average Bonchev–Trinajstić information content (AvgIpc) is 2.67. The molecule has 3 aromatic rings. The molecule has 2 nitrogen and oxygen atoms in total. The van der Waals surface area contributed by atoms with Gasteiger partial charge in [0.25, 0.3) is 0 Å². The molecule has 80 valence electrons. The van der Waals surface area contributed by atoms with Gasteiger partial charge in [-0.05, 0) is 17.7 Å². The molecule has 0 aliphatic rings. The van der Waals surface area contributed by atoms with Gasteiger partial charge in [0, 0.05) is 40.6 Å². The van der Waals surface area contributed by atoms with E-state index in [1.165, 1.54) is 0 Å². The Morgan fingerprint density at radius 2 is 2.06 bits per heavy atom. The lowest BCUT2D eigenvalue weighted by Gasteiger charge is -1.97. The number of rotatable bonds is 2. The minimum absolute atomic E-state index is 0.312. The van der Waals surface area contributed by atoms with Crippen LogP contribution in [-0.2, 0) is 6.42 Å². The van der Waals surface area contributed by atoms with Crippen LogP contribution >= 0.6 is 0 Å². The standard InChI is InChI=1S/C13H11FN2/c14-5-3-9-1-2-10-11-8-15-6-4-12(11)16-13(10)7-9/h1-2,4,6-8,16H,3,5H2. The zero-order valence-corrected chi connectivity index (χ0v) is 8.70. The molecule has 0 saturated carbocycles. The highest BCUT2D eigenvalue weighted by Gasteiger charge is 2.04. The summed E-state index contributed by atoms with van der Waals surface area (Å²) < 4.78 is 12.3. The molecular weight excluding hydrogens is 203 g/mol. The fraction of sp³-hybridized carbons (Fsp3) is 0.154. The second-order valence-electron chi connectivity index (χ2n) is 3.87. The van der Waals surface area contributed by atoms with Crippen LogP contribution in [0.5, 0.6) is 0 Å². The molecule has 0 unspecified atom stereocenters. The van der Waals surface area contributed by atoms with Crippen molar-refractivity contribution in [2.45, 2.75) is 6.42 Å². The molecule has 2 aromatic heterocycles. The lowest BCUT2D eigenvalue weighted by molar-refractivity contribution is 0.495. The van der Waals surface area contributed by atoms with Gasteiger partial charge in [0.05, 0.1) is 6.67 Å². The Hall–Kier alpha value is -1.90. The first-order chi connectivity index (χ1) is 7.88. The van der Waals surface area contributed by atoms with Crippen molar-refractivity contribution in [3.8, 4) is 0 Å². The molecule has 3 heteroatoms. The highest BCUT2D eigenvalue weighted by Crippen LogP contribution is 2.25. The number of hydrogen-bond donors (Lipinski definition) is 1. The summed E-state index contributed by atoms with van der Waals surface area (Å²) in [5, 5.41) is 2.26. The summed E-state index contributed by atoms with van der Waals surface area (Å²) in [6, 6.07) is 7.96. The highest BCUT2D eigenvalue weighted by atomic mass is 19.1. The molecule has 0 amide bonds. The van der Waals surface area contributed by atoms with Gasteiger partial charge in [-0.1, -0.05) is 12.1 Å². The summed E-state index contributed by atoms with van der Waals surface area (Å²) in [7, 11) is 0. The van der Waals surface area contributed by atoms with Gasteiger partial charge in [-0.2, -0.15) is 0 Å². The molecule has 0 fully saturated rings. The zero-order chi connectivity index (χ0) is 11.0. The number of nitrogens with zero attached hydrogens (tertiary/aromatic N) is 1. The maximum absolute atomic E-state index is 12.3. The van der Waals surface area contributed by atoms with Crippen LogP contribution in [0.25, 0.3) is 21.8 Å². The fourth-order valence-corrected chi connectivity index (χ4v) is 2.06. The summed E-state index contributed by atoms with van der Waals surface area (Å²) in [6.45, 7) is -0.312. The number of nitrogens with one attached hydrogen (secondary N) is 1. The van der Waals surface area contributed by atoms with Gasteiger partial charge < -0.3 is 4.98 Å². The maximum atomic E-state index is 12.3. The lowest BCUT2D eigenvalue weighted by Crippen LogP contribution is -1.85. The third kappa shape index (κ3) is 1.36. The van der Waals surface area contributed by atoms with Crippen LogP contribution in [0.15, 0.2) is 36.7 Å². The molecule has 1 aromatic carbocycles. The van der Waals surface area contributed by atoms with E-state index in [1.807, 2.05) is 30.5 Å². The van der Waals surface area contributed by atoms with E-state index in [-0.39, 0.29) is 6.67 Å². The van der Waals surface area contributed by atoms with Crippen LogP contribution in [0.4, 0.5) is 4.39 Å². The highest BCUT2D eigenvalue weighted by molar-refractivity contribution is 6.06. The van der Waals surface area contributed by atoms with Crippen LogP contribution < -0.4 is 0 Å². The first kappa shape index (κ1) is 9.33. The van der Waals surface area contributed by atoms with E-state index in [9.17, 15) is 4.39 Å². The Morgan fingerprint density at radius 1 is 1.12 bits per heavy atom. The Bertz CT molecular complexity index is 643. The van der Waals surface area contributed by atoms with Crippen LogP contribution in [0, 0.1) is 0 Å². The van der Waals surface area contributed by atoms with Crippen molar-refractivity contribution in [3.05, 3.63) is 42.2 Å². The number of fused-ring (bicyclic) bond motifs is 3. The molecule has 0 atom stereocenters. The second-order valence-corrected chi connectivity index (χ2v) is 3.87. The van der Waals surface area contributed by atoms with Crippen molar-refractivity contribution in [1.82, 2.24) is 9.97 Å². The molecule has 0 aliphatic carbocycles. The van der Waals surface area contributed by atoms with Gasteiger partial charge >= 0.3 is 0 Å². The van der Waals surface area contributed by atoms with Crippen LogP contribution in [0.2, 0.25) is 0 Å². The quantitative estimate of drug-likeness (QED) is 0.697. The monoisotopic (exact) mass is 214 g/mol. The Labute approximate surface area is 92.1 Å². The number of aromatic nitrogens is 2. The van der Waals surface area contributed by atoms with E-state index in [4.69, 9.17) is 0 Å². The zero-order valence-electron chi connectivity index (χ0n) is 8.70. The van der Waals surface area contributed by atoms with Gasteiger partial charge in [0.2, 0.25) is 0 Å². The Kier molecular flexibility index (Phi) is 2.10. The Balaban J connectivity index is 2.28. The molecule has 0 spiro atoms. The third-order valence-electron chi connectivity index (χ3n) is 2.85.